The maximum absolute atomic E-state index is 13.0. The van der Waals surface area contributed by atoms with Crippen molar-refractivity contribution in [2.75, 3.05) is 25.4 Å². The zero-order chi connectivity index (χ0) is 14.5. The number of nitrogens with two attached hydrogens (primary N) is 1. The van der Waals surface area contributed by atoms with Crippen molar-refractivity contribution in [3.8, 4) is 11.5 Å². The van der Waals surface area contributed by atoms with Crippen LogP contribution >= 0.6 is 0 Å². The first-order valence-corrected chi connectivity index (χ1v) is 6.74. The molecule has 0 saturated carbocycles. The maximum atomic E-state index is 13.0. The molecule has 5 nitrogen and oxygen atoms in total. The smallest absolute Gasteiger partial charge is 0.260 e. The third-order valence-electron chi connectivity index (χ3n) is 3.26. The highest BCUT2D eigenvalue weighted by Crippen LogP contribution is 2.24. The first kappa shape index (κ1) is 14.5. The molecule has 108 valence electrons. The molecule has 6 heteroatoms. The van der Waals surface area contributed by atoms with Crippen LogP contribution < -0.4 is 5.73 Å². The van der Waals surface area contributed by atoms with E-state index in [1.165, 1.54) is 12.1 Å². The minimum Gasteiger partial charge on any atom is -0.398 e. The minimum absolute atomic E-state index is 0.295. The van der Waals surface area contributed by atoms with Crippen LogP contribution in [0.1, 0.15) is 19.7 Å². The molecule has 0 fully saturated rings. The van der Waals surface area contributed by atoms with Gasteiger partial charge in [0, 0.05) is 18.7 Å². The average Bonchev–Trinajstić information content (AvgIpc) is 2.88. The number of hydrogen-bond acceptors (Lipinski definition) is 5. The van der Waals surface area contributed by atoms with Crippen molar-refractivity contribution in [1.82, 2.24) is 15.0 Å². The van der Waals surface area contributed by atoms with Crippen LogP contribution in [0.25, 0.3) is 11.5 Å². The van der Waals surface area contributed by atoms with Gasteiger partial charge >= 0.3 is 0 Å². The SMILES string of the molecule is CCN(CC)CCc1noc(-c2ccc(F)cc2N)n1. The van der Waals surface area contributed by atoms with E-state index in [-0.39, 0.29) is 5.82 Å². The van der Waals surface area contributed by atoms with Crippen LogP contribution in [0.4, 0.5) is 10.1 Å². The third-order valence-corrected chi connectivity index (χ3v) is 3.26. The van der Waals surface area contributed by atoms with Crippen LogP contribution in [-0.2, 0) is 6.42 Å². The molecular weight excluding hydrogens is 259 g/mol. The lowest BCUT2D eigenvalue weighted by Gasteiger charge is -2.16. The van der Waals surface area contributed by atoms with Crippen LogP contribution in [0.5, 0.6) is 0 Å². The van der Waals surface area contributed by atoms with Crippen molar-refractivity contribution >= 4 is 5.69 Å². The summed E-state index contributed by atoms with van der Waals surface area (Å²) in [6, 6.07) is 4.12. The second-order valence-corrected chi connectivity index (χ2v) is 4.52. The van der Waals surface area contributed by atoms with Crippen molar-refractivity contribution < 1.29 is 8.91 Å². The molecule has 20 heavy (non-hydrogen) atoms. The first-order valence-electron chi connectivity index (χ1n) is 6.74. The summed E-state index contributed by atoms with van der Waals surface area (Å²) in [5, 5.41) is 3.93. The summed E-state index contributed by atoms with van der Waals surface area (Å²) in [5.74, 6) is 0.584. The van der Waals surface area contributed by atoms with E-state index < -0.39 is 0 Å². The highest BCUT2D eigenvalue weighted by Gasteiger charge is 2.12. The normalized spacial score (nSPS) is 11.2. The zero-order valence-electron chi connectivity index (χ0n) is 11.8. The third kappa shape index (κ3) is 3.33. The summed E-state index contributed by atoms with van der Waals surface area (Å²) in [4.78, 5) is 6.58. The molecular formula is C14H19FN4O. The van der Waals surface area contributed by atoms with Gasteiger partial charge in [-0.3, -0.25) is 0 Å². The highest BCUT2D eigenvalue weighted by molar-refractivity contribution is 5.70. The molecule has 1 heterocycles. The van der Waals surface area contributed by atoms with Crippen molar-refractivity contribution in [3.63, 3.8) is 0 Å². The van der Waals surface area contributed by atoms with Gasteiger partial charge in [-0.15, -0.1) is 0 Å². The Morgan fingerprint density at radius 2 is 2.05 bits per heavy atom. The van der Waals surface area contributed by atoms with Crippen LogP contribution in [0.15, 0.2) is 22.7 Å². The Hall–Kier alpha value is -1.95. The van der Waals surface area contributed by atoms with Crippen molar-refractivity contribution in [3.05, 3.63) is 29.8 Å². The summed E-state index contributed by atoms with van der Waals surface area (Å²) >= 11 is 0. The number of nitrogen functional groups attached to an aromatic ring is 1. The van der Waals surface area contributed by atoms with E-state index in [0.717, 1.165) is 19.6 Å². The summed E-state index contributed by atoms with van der Waals surface area (Å²) in [6.45, 7) is 7.10. The van der Waals surface area contributed by atoms with Crippen LogP contribution in [0.2, 0.25) is 0 Å². The van der Waals surface area contributed by atoms with Gasteiger partial charge in [-0.05, 0) is 31.3 Å². The molecule has 0 radical (unpaired) electrons. The van der Waals surface area contributed by atoms with Gasteiger partial charge in [-0.2, -0.15) is 4.98 Å². The van der Waals surface area contributed by atoms with Crippen molar-refractivity contribution in [2.24, 2.45) is 0 Å². The van der Waals surface area contributed by atoms with Gasteiger partial charge in [0.1, 0.15) is 5.82 Å². The van der Waals surface area contributed by atoms with Crippen molar-refractivity contribution in [1.29, 1.82) is 0 Å². The lowest BCUT2D eigenvalue weighted by molar-refractivity contribution is 0.303. The Labute approximate surface area is 117 Å². The monoisotopic (exact) mass is 278 g/mol. The topological polar surface area (TPSA) is 68.2 Å². The molecule has 0 aliphatic carbocycles. The summed E-state index contributed by atoms with van der Waals surface area (Å²) in [5.41, 5.74) is 6.61. The predicted molar refractivity (Wildman–Crippen MR) is 75.6 cm³/mol. The molecule has 0 aliphatic rings. The van der Waals surface area contributed by atoms with Crippen LogP contribution in [0.3, 0.4) is 0 Å². The maximum Gasteiger partial charge on any atom is 0.260 e. The minimum atomic E-state index is -0.382. The van der Waals surface area contributed by atoms with Gasteiger partial charge in [0.05, 0.1) is 5.56 Å². The van der Waals surface area contributed by atoms with E-state index in [1.54, 1.807) is 6.07 Å². The first-order chi connectivity index (χ1) is 9.63. The summed E-state index contributed by atoms with van der Waals surface area (Å²) < 4.78 is 18.2. The molecule has 0 atom stereocenters. The fraction of sp³-hybridized carbons (Fsp3) is 0.429. The molecule has 2 N–H and O–H groups in total. The van der Waals surface area contributed by atoms with E-state index in [4.69, 9.17) is 10.3 Å². The van der Waals surface area contributed by atoms with Crippen LogP contribution in [-0.4, -0.2) is 34.7 Å². The number of likely N-dealkylation sites (N-methyl/N-ethyl adjacent to an activating group) is 1. The number of nitrogens with zero attached hydrogens (tertiary/aromatic N) is 3. The fourth-order valence-electron chi connectivity index (χ4n) is 1.99. The van der Waals surface area contributed by atoms with E-state index in [2.05, 4.69) is 28.9 Å². The Morgan fingerprint density at radius 1 is 1.30 bits per heavy atom. The van der Waals surface area contributed by atoms with Gasteiger partial charge < -0.3 is 15.2 Å². The molecule has 1 aromatic carbocycles. The van der Waals surface area contributed by atoms with E-state index in [9.17, 15) is 4.39 Å². The van der Waals surface area contributed by atoms with Crippen molar-refractivity contribution in [2.45, 2.75) is 20.3 Å². The molecule has 2 aromatic rings. The Morgan fingerprint density at radius 3 is 2.70 bits per heavy atom. The lowest BCUT2D eigenvalue weighted by atomic mass is 10.2. The zero-order valence-corrected chi connectivity index (χ0v) is 11.8. The van der Waals surface area contributed by atoms with Gasteiger partial charge in [-0.25, -0.2) is 4.39 Å². The number of anilines is 1. The Balaban J connectivity index is 2.08. The second-order valence-electron chi connectivity index (χ2n) is 4.52. The number of halogens is 1. The second kappa shape index (κ2) is 6.47. The summed E-state index contributed by atoms with van der Waals surface area (Å²) in [7, 11) is 0. The molecule has 2 rings (SSSR count). The number of rotatable bonds is 6. The van der Waals surface area contributed by atoms with Gasteiger partial charge in [0.15, 0.2) is 5.82 Å². The highest BCUT2D eigenvalue weighted by atomic mass is 19.1. The fourth-order valence-corrected chi connectivity index (χ4v) is 1.99. The van der Waals surface area contributed by atoms with E-state index in [0.29, 0.717) is 29.4 Å². The number of aromatic nitrogens is 2. The number of benzene rings is 1. The molecule has 0 bridgehead atoms. The lowest BCUT2D eigenvalue weighted by Crippen LogP contribution is -2.25. The number of hydrogen-bond donors (Lipinski definition) is 1. The van der Waals surface area contributed by atoms with Crippen LogP contribution in [0, 0.1) is 5.82 Å². The van der Waals surface area contributed by atoms with E-state index in [1.807, 2.05) is 0 Å². The predicted octanol–water partition coefficient (Wildman–Crippen LogP) is 2.34. The molecule has 0 spiro atoms. The molecule has 0 saturated heterocycles. The molecule has 0 unspecified atom stereocenters. The Kier molecular flexibility index (Phi) is 4.68. The standard InChI is InChI=1S/C14H19FN4O/c1-3-19(4-2)8-7-13-17-14(20-18-13)11-6-5-10(15)9-12(11)16/h5-6,9H,3-4,7-8,16H2,1-2H3. The molecule has 0 amide bonds. The molecule has 1 aromatic heterocycles. The molecule has 0 aliphatic heterocycles. The average molecular weight is 278 g/mol. The van der Waals surface area contributed by atoms with Gasteiger partial charge in [-0.1, -0.05) is 19.0 Å². The Bertz CT molecular complexity index is 566. The van der Waals surface area contributed by atoms with Gasteiger partial charge in [0.2, 0.25) is 0 Å². The largest absolute Gasteiger partial charge is 0.398 e. The van der Waals surface area contributed by atoms with Gasteiger partial charge in [0.25, 0.3) is 5.89 Å². The summed E-state index contributed by atoms with van der Waals surface area (Å²) in [6.07, 6.45) is 0.715. The van der Waals surface area contributed by atoms with E-state index >= 15 is 0 Å². The quantitative estimate of drug-likeness (QED) is 0.821.